The van der Waals surface area contributed by atoms with Crippen LogP contribution in [0.1, 0.15) is 38.4 Å². The van der Waals surface area contributed by atoms with Crippen molar-refractivity contribution in [2.75, 3.05) is 30.3 Å². The van der Waals surface area contributed by atoms with Gasteiger partial charge in [-0.25, -0.2) is 0 Å². The maximum absolute atomic E-state index is 13.0. The summed E-state index contributed by atoms with van der Waals surface area (Å²) in [6.45, 7) is 8.58. The number of nitrogens with one attached hydrogen (secondary N) is 4. The fourth-order valence-corrected chi connectivity index (χ4v) is 4.96. The lowest BCUT2D eigenvalue weighted by Gasteiger charge is -2.19. The van der Waals surface area contributed by atoms with Gasteiger partial charge in [0.2, 0.25) is 5.91 Å². The summed E-state index contributed by atoms with van der Waals surface area (Å²) in [5, 5.41) is 23.9. The number of carbonyl (C=O) groups excluding carboxylic acids is 1. The molecule has 232 valence electrons. The molecule has 1 aliphatic heterocycles. The molecule has 3 heterocycles. The van der Waals surface area contributed by atoms with Crippen molar-refractivity contribution in [3.05, 3.63) is 89.4 Å². The van der Waals surface area contributed by atoms with Crippen LogP contribution in [-0.4, -0.2) is 47.2 Å². The minimum absolute atomic E-state index is 0.0406. The van der Waals surface area contributed by atoms with Crippen molar-refractivity contribution in [2.24, 2.45) is 0 Å². The zero-order valence-electron chi connectivity index (χ0n) is 25.5. The van der Waals surface area contributed by atoms with Crippen molar-refractivity contribution in [3.63, 3.8) is 0 Å². The number of amides is 1. The molecule has 1 aliphatic rings. The average molecular weight is 626 g/mol. The first kappa shape index (κ1) is 31.7. The lowest BCUT2D eigenvalue weighted by Crippen LogP contribution is -2.35. The standard InChI is InChI=1S/C34H36ClN7O3/c1-34(2,3)40-13-6-8-32(43)42-29-16-26-28(17-31(29)45-25-11-14-37-20-25)39-19-22(18-36)33(26)41-23-9-10-30(27(35)15-23)44-21-24-7-4-5-12-38-24/h4-10,12,15-17,19,25,37,40H,11,13-14,20-21H2,1-3H3,(H,39,41)(H,42,43). The molecule has 2 aromatic heterocycles. The minimum atomic E-state index is -0.300. The first-order chi connectivity index (χ1) is 21.7. The third kappa shape index (κ3) is 8.70. The highest BCUT2D eigenvalue weighted by Gasteiger charge is 2.21. The molecule has 0 spiro atoms. The summed E-state index contributed by atoms with van der Waals surface area (Å²) >= 11 is 6.57. The molecule has 0 aliphatic carbocycles. The largest absolute Gasteiger partial charge is 0.487 e. The molecule has 4 aromatic rings. The molecule has 0 saturated carbocycles. The van der Waals surface area contributed by atoms with Gasteiger partial charge >= 0.3 is 0 Å². The van der Waals surface area contributed by atoms with E-state index in [0.717, 1.165) is 18.7 Å². The van der Waals surface area contributed by atoms with Gasteiger partial charge < -0.3 is 30.7 Å². The van der Waals surface area contributed by atoms with Crippen LogP contribution in [0.4, 0.5) is 17.1 Å². The Labute approximate surface area is 267 Å². The van der Waals surface area contributed by atoms with E-state index in [2.05, 4.69) is 58.1 Å². The molecular formula is C34H36ClN7O3. The molecule has 4 N–H and O–H groups in total. The number of nitriles is 1. The Kier molecular flexibility index (Phi) is 10.1. The van der Waals surface area contributed by atoms with Gasteiger partial charge in [-0.05, 0) is 70.1 Å². The van der Waals surface area contributed by atoms with E-state index in [0.29, 0.717) is 63.1 Å². The van der Waals surface area contributed by atoms with E-state index in [1.54, 1.807) is 36.5 Å². The number of pyridine rings is 2. The van der Waals surface area contributed by atoms with E-state index in [4.69, 9.17) is 21.1 Å². The first-order valence-corrected chi connectivity index (χ1v) is 15.1. The number of hydrogen-bond donors (Lipinski definition) is 4. The lowest BCUT2D eigenvalue weighted by atomic mass is 10.1. The summed E-state index contributed by atoms with van der Waals surface area (Å²) in [6, 6.07) is 16.7. The van der Waals surface area contributed by atoms with Gasteiger partial charge in [-0.3, -0.25) is 14.8 Å². The number of carbonyl (C=O) groups is 1. The third-order valence-corrected chi connectivity index (χ3v) is 7.27. The third-order valence-electron chi connectivity index (χ3n) is 6.98. The fraction of sp³-hybridized carbons (Fsp3) is 0.294. The molecule has 11 heteroatoms. The van der Waals surface area contributed by atoms with Crippen LogP contribution in [0.2, 0.25) is 5.02 Å². The smallest absolute Gasteiger partial charge is 0.248 e. The molecular weight excluding hydrogens is 590 g/mol. The molecule has 0 bridgehead atoms. The van der Waals surface area contributed by atoms with Gasteiger partial charge in [0.1, 0.15) is 30.3 Å². The Morgan fingerprint density at radius 2 is 2.04 bits per heavy atom. The predicted octanol–water partition coefficient (Wildman–Crippen LogP) is 6.10. The normalized spacial score (nSPS) is 14.8. The second kappa shape index (κ2) is 14.4. The quantitative estimate of drug-likeness (QED) is 0.146. The second-order valence-electron chi connectivity index (χ2n) is 11.7. The van der Waals surface area contributed by atoms with E-state index < -0.39 is 0 Å². The van der Waals surface area contributed by atoms with E-state index in [1.165, 1.54) is 12.3 Å². The average Bonchev–Trinajstić information content (AvgIpc) is 3.53. The van der Waals surface area contributed by atoms with E-state index in [1.807, 2.05) is 24.3 Å². The topological polar surface area (TPSA) is 133 Å². The maximum Gasteiger partial charge on any atom is 0.248 e. The number of rotatable bonds is 11. The summed E-state index contributed by atoms with van der Waals surface area (Å²) in [7, 11) is 0. The zero-order valence-corrected chi connectivity index (χ0v) is 26.2. The predicted molar refractivity (Wildman–Crippen MR) is 177 cm³/mol. The van der Waals surface area contributed by atoms with Crippen LogP contribution in [0.15, 0.2) is 73.1 Å². The highest BCUT2D eigenvalue weighted by atomic mass is 35.5. The number of benzene rings is 2. The number of halogens is 1. The Morgan fingerprint density at radius 3 is 2.76 bits per heavy atom. The molecule has 1 fully saturated rings. The van der Waals surface area contributed by atoms with Gasteiger partial charge in [-0.2, -0.15) is 5.26 Å². The summed E-state index contributed by atoms with van der Waals surface area (Å²) < 4.78 is 12.2. The van der Waals surface area contributed by atoms with Crippen LogP contribution < -0.4 is 30.7 Å². The van der Waals surface area contributed by atoms with Crippen molar-refractivity contribution in [1.82, 2.24) is 20.6 Å². The minimum Gasteiger partial charge on any atom is -0.487 e. The SMILES string of the molecule is CC(C)(C)NCC=CC(=O)Nc1cc2c(Nc3ccc(OCc4ccccn4)c(Cl)c3)c(C#N)cnc2cc1OC1CCNC1. The number of fused-ring (bicyclic) bond motifs is 1. The Balaban J connectivity index is 1.43. The highest BCUT2D eigenvalue weighted by molar-refractivity contribution is 6.32. The number of anilines is 3. The van der Waals surface area contributed by atoms with Crippen LogP contribution in [0.3, 0.4) is 0 Å². The molecule has 1 amide bonds. The molecule has 2 aromatic carbocycles. The van der Waals surface area contributed by atoms with Crippen molar-refractivity contribution in [1.29, 1.82) is 5.26 Å². The molecule has 45 heavy (non-hydrogen) atoms. The van der Waals surface area contributed by atoms with Crippen LogP contribution in [0, 0.1) is 11.3 Å². The monoisotopic (exact) mass is 625 g/mol. The van der Waals surface area contributed by atoms with Gasteiger partial charge in [0.15, 0.2) is 0 Å². The first-order valence-electron chi connectivity index (χ1n) is 14.7. The molecule has 1 atom stereocenters. The van der Waals surface area contributed by atoms with Gasteiger partial charge in [0, 0.05) is 54.2 Å². The van der Waals surface area contributed by atoms with Crippen molar-refractivity contribution in [2.45, 2.75) is 45.4 Å². The maximum atomic E-state index is 13.0. The van der Waals surface area contributed by atoms with Crippen molar-refractivity contribution in [3.8, 4) is 17.6 Å². The number of ether oxygens (including phenoxy) is 2. The van der Waals surface area contributed by atoms with Gasteiger partial charge in [0.05, 0.1) is 33.2 Å². The Bertz CT molecular complexity index is 1730. The molecule has 1 saturated heterocycles. The van der Waals surface area contributed by atoms with Crippen LogP contribution >= 0.6 is 11.6 Å². The summed E-state index contributed by atoms with van der Waals surface area (Å²) in [5.74, 6) is 0.713. The molecule has 10 nitrogen and oxygen atoms in total. The Hall–Kier alpha value is -4.69. The van der Waals surface area contributed by atoms with E-state index in [-0.39, 0.29) is 24.2 Å². The van der Waals surface area contributed by atoms with Gasteiger partial charge in [0.25, 0.3) is 0 Å². The summed E-state index contributed by atoms with van der Waals surface area (Å²) in [5.41, 5.74) is 3.28. The molecule has 1 unspecified atom stereocenters. The van der Waals surface area contributed by atoms with E-state index >= 15 is 0 Å². The van der Waals surface area contributed by atoms with Crippen molar-refractivity contribution < 1.29 is 14.3 Å². The lowest BCUT2D eigenvalue weighted by molar-refractivity contribution is -0.111. The van der Waals surface area contributed by atoms with Crippen LogP contribution in [0.25, 0.3) is 10.9 Å². The molecule has 5 rings (SSSR count). The highest BCUT2D eigenvalue weighted by Crippen LogP contribution is 2.38. The number of hydrogen-bond acceptors (Lipinski definition) is 9. The molecule has 0 radical (unpaired) electrons. The summed E-state index contributed by atoms with van der Waals surface area (Å²) in [4.78, 5) is 21.8. The van der Waals surface area contributed by atoms with Crippen molar-refractivity contribution >= 4 is 45.5 Å². The van der Waals surface area contributed by atoms with Gasteiger partial charge in [-0.1, -0.05) is 23.7 Å². The van der Waals surface area contributed by atoms with Crippen LogP contribution in [-0.2, 0) is 11.4 Å². The summed E-state index contributed by atoms with van der Waals surface area (Å²) in [6.07, 6.45) is 7.30. The van der Waals surface area contributed by atoms with Crippen LogP contribution in [0.5, 0.6) is 11.5 Å². The van der Waals surface area contributed by atoms with Gasteiger partial charge in [-0.15, -0.1) is 0 Å². The zero-order chi connectivity index (χ0) is 31.8. The Morgan fingerprint density at radius 1 is 1.18 bits per heavy atom. The fourth-order valence-electron chi connectivity index (χ4n) is 4.72. The number of nitrogens with zero attached hydrogens (tertiary/aromatic N) is 3. The second-order valence-corrected chi connectivity index (χ2v) is 12.1. The number of aromatic nitrogens is 2. The van der Waals surface area contributed by atoms with E-state index in [9.17, 15) is 10.1 Å².